The van der Waals surface area contributed by atoms with Gasteiger partial charge in [-0.25, -0.2) is 9.37 Å². The lowest BCUT2D eigenvalue weighted by molar-refractivity contribution is -0.386. The Morgan fingerprint density at radius 3 is 2.69 bits per heavy atom. The summed E-state index contributed by atoms with van der Waals surface area (Å²) in [6.45, 7) is 8.69. The van der Waals surface area contributed by atoms with Crippen LogP contribution in [0.2, 0.25) is 5.02 Å². The number of benzene rings is 1. The van der Waals surface area contributed by atoms with Gasteiger partial charge in [-0.05, 0) is 31.4 Å². The van der Waals surface area contributed by atoms with E-state index in [1.54, 1.807) is 26.0 Å². The highest BCUT2D eigenvalue weighted by Crippen LogP contribution is 2.38. The van der Waals surface area contributed by atoms with Crippen LogP contribution in [-0.2, 0) is 13.0 Å². The summed E-state index contributed by atoms with van der Waals surface area (Å²) in [6.07, 6.45) is 3.76. The molecule has 0 radical (unpaired) electrons. The second-order valence-corrected chi connectivity index (χ2v) is 9.25. The highest BCUT2D eigenvalue weighted by atomic mass is 35.5. The number of halogens is 2. The van der Waals surface area contributed by atoms with E-state index in [-0.39, 0.29) is 22.0 Å². The Balaban J connectivity index is 1.54. The highest BCUT2D eigenvalue weighted by molar-refractivity contribution is 6.36. The first-order valence-electron chi connectivity index (χ1n) is 11.3. The first-order chi connectivity index (χ1) is 17.1. The largest absolute Gasteiger partial charge is 0.376 e. The lowest BCUT2D eigenvalue weighted by Gasteiger charge is -2.17. The minimum absolute atomic E-state index is 0.111. The van der Waals surface area contributed by atoms with Crippen molar-refractivity contribution in [2.24, 2.45) is 0 Å². The van der Waals surface area contributed by atoms with Gasteiger partial charge >= 0.3 is 0 Å². The van der Waals surface area contributed by atoms with E-state index in [4.69, 9.17) is 11.6 Å². The third-order valence-electron chi connectivity index (χ3n) is 6.56. The Bertz CT molecular complexity index is 1570. The van der Waals surface area contributed by atoms with Crippen LogP contribution in [0.5, 0.6) is 0 Å². The number of nitrogens with one attached hydrogen (secondary N) is 1. The number of hydrogen-bond donors (Lipinski definition) is 1. The maximum Gasteiger partial charge on any atom is 0.293 e. The number of nitrogens with zero attached hydrogens (tertiary/aromatic N) is 6. The van der Waals surface area contributed by atoms with Crippen LogP contribution in [0.3, 0.4) is 0 Å². The Morgan fingerprint density at radius 1 is 1.17 bits per heavy atom. The fraction of sp³-hybridized carbons (Fsp3) is 0.240. The molecule has 1 N–H and O–H groups in total. The number of pyridine rings is 2. The van der Waals surface area contributed by atoms with Crippen molar-refractivity contribution < 1.29 is 9.31 Å². The summed E-state index contributed by atoms with van der Waals surface area (Å²) in [5.41, 5.74) is 2.95. The Labute approximate surface area is 211 Å². The second kappa shape index (κ2) is 8.87. The van der Waals surface area contributed by atoms with Crippen molar-refractivity contribution >= 4 is 39.7 Å². The number of fused-ring (bicyclic) bond motifs is 2. The normalized spacial score (nSPS) is 13.6. The number of allylic oxidation sites excluding steroid dienone is 1. The van der Waals surface area contributed by atoms with Crippen molar-refractivity contribution in [2.75, 3.05) is 18.9 Å². The van der Waals surface area contributed by atoms with Crippen LogP contribution in [0.4, 0.5) is 21.7 Å². The van der Waals surface area contributed by atoms with E-state index in [1.807, 2.05) is 17.8 Å². The summed E-state index contributed by atoms with van der Waals surface area (Å²) >= 11 is 6.37. The summed E-state index contributed by atoms with van der Waals surface area (Å²) in [6, 6.07) is 5.32. The zero-order chi connectivity index (χ0) is 25.7. The molecule has 184 valence electrons. The second-order valence-electron chi connectivity index (χ2n) is 8.87. The summed E-state index contributed by atoms with van der Waals surface area (Å²) in [5, 5.41) is 20.3. The topological polar surface area (TPSA) is 102 Å². The Morgan fingerprint density at radius 2 is 1.94 bits per heavy atom. The van der Waals surface area contributed by atoms with E-state index in [1.165, 1.54) is 12.4 Å². The van der Waals surface area contributed by atoms with Crippen molar-refractivity contribution in [3.05, 3.63) is 80.8 Å². The third-order valence-corrected chi connectivity index (χ3v) is 6.93. The smallest absolute Gasteiger partial charge is 0.293 e. The maximum absolute atomic E-state index is 15.3. The number of anilines is 2. The van der Waals surface area contributed by atoms with Gasteiger partial charge in [-0.2, -0.15) is 5.10 Å². The fourth-order valence-electron chi connectivity index (χ4n) is 4.47. The number of rotatable bonds is 4. The monoisotopic (exact) mass is 507 g/mol. The molecule has 0 unspecified atom stereocenters. The van der Waals surface area contributed by atoms with Crippen molar-refractivity contribution in [2.45, 2.75) is 26.8 Å². The van der Waals surface area contributed by atoms with Crippen molar-refractivity contribution in [3.63, 3.8) is 0 Å². The van der Waals surface area contributed by atoms with E-state index in [2.05, 4.69) is 31.9 Å². The maximum atomic E-state index is 15.3. The molecule has 36 heavy (non-hydrogen) atoms. The van der Waals surface area contributed by atoms with E-state index < -0.39 is 10.7 Å². The van der Waals surface area contributed by atoms with Crippen molar-refractivity contribution in [1.82, 2.24) is 24.6 Å². The molecule has 1 aromatic carbocycles. The molecule has 9 nitrogen and oxygen atoms in total. The zero-order valence-electron chi connectivity index (χ0n) is 20.0. The lowest BCUT2D eigenvalue weighted by atomic mass is 9.97. The van der Waals surface area contributed by atoms with Crippen LogP contribution >= 0.6 is 11.6 Å². The standard InChI is InChI=1S/C25H23ClFN7O2/c1-13-12-33-17(5-6-32(13)4)9-22(31-33)30-21-8-16-7-18(24(27)23(26)20(16)11-29-21)19-10-28-15(3)25(14(19)2)34(35)36/h7-11H,1,5-6,12H2,2-4H3,(H,29,30,31). The predicted octanol–water partition coefficient (Wildman–Crippen LogP) is 5.56. The molecule has 11 heteroatoms. The minimum atomic E-state index is -0.683. The zero-order valence-corrected chi connectivity index (χ0v) is 20.7. The third kappa shape index (κ3) is 4.03. The van der Waals surface area contributed by atoms with Gasteiger partial charge in [-0.15, -0.1) is 0 Å². The molecule has 5 rings (SSSR count). The van der Waals surface area contributed by atoms with Gasteiger partial charge in [0.2, 0.25) is 0 Å². The molecular weight excluding hydrogens is 485 g/mol. The molecule has 0 amide bonds. The molecule has 0 saturated carbocycles. The van der Waals surface area contributed by atoms with Crippen LogP contribution in [0.1, 0.15) is 17.0 Å². The predicted molar refractivity (Wildman–Crippen MR) is 137 cm³/mol. The number of hydrogen-bond acceptors (Lipinski definition) is 7. The number of likely N-dealkylation sites (N-methyl/N-ethyl adjacent to an activating group) is 1. The van der Waals surface area contributed by atoms with Crippen LogP contribution < -0.4 is 5.32 Å². The Kier molecular flexibility index (Phi) is 5.83. The number of aromatic nitrogens is 4. The van der Waals surface area contributed by atoms with E-state index in [0.29, 0.717) is 40.1 Å². The molecule has 1 aliphatic heterocycles. The fourth-order valence-corrected chi connectivity index (χ4v) is 4.73. The van der Waals surface area contributed by atoms with Crippen LogP contribution in [0, 0.1) is 29.8 Å². The molecule has 0 fully saturated rings. The molecule has 1 aliphatic rings. The highest BCUT2D eigenvalue weighted by Gasteiger charge is 2.23. The first-order valence-corrected chi connectivity index (χ1v) is 11.6. The SMILES string of the molecule is C=C1Cn2nc(Nc3cc4cc(-c5cnc(C)c([N+](=O)[O-])c5C)c(F)c(Cl)c4cn3)cc2CCN1C. The number of aryl methyl sites for hydroxylation is 1. The Hall–Kier alpha value is -4.05. The lowest BCUT2D eigenvalue weighted by Crippen LogP contribution is -2.19. The van der Waals surface area contributed by atoms with E-state index >= 15 is 4.39 Å². The molecule has 3 aromatic heterocycles. The van der Waals surface area contributed by atoms with Gasteiger partial charge in [-0.1, -0.05) is 18.2 Å². The van der Waals surface area contributed by atoms with Crippen LogP contribution in [-0.4, -0.2) is 43.2 Å². The summed E-state index contributed by atoms with van der Waals surface area (Å²) in [5.74, 6) is 0.458. The molecular formula is C25H23ClFN7O2. The van der Waals surface area contributed by atoms with Crippen molar-refractivity contribution in [1.29, 1.82) is 0 Å². The van der Waals surface area contributed by atoms with Crippen LogP contribution in [0.15, 0.2) is 42.9 Å². The van der Waals surface area contributed by atoms with Gasteiger partial charge < -0.3 is 10.2 Å². The van der Waals surface area contributed by atoms with Crippen molar-refractivity contribution in [3.8, 4) is 11.1 Å². The molecule has 0 spiro atoms. The molecule has 4 aromatic rings. The summed E-state index contributed by atoms with van der Waals surface area (Å²) < 4.78 is 17.2. The van der Waals surface area contributed by atoms with Crippen LogP contribution in [0.25, 0.3) is 21.9 Å². The summed E-state index contributed by atoms with van der Waals surface area (Å²) in [7, 11) is 2.02. The molecule has 4 heterocycles. The molecule has 0 aliphatic carbocycles. The van der Waals surface area contributed by atoms with Gasteiger partial charge in [0.05, 0.1) is 16.5 Å². The van der Waals surface area contributed by atoms with Gasteiger partial charge in [0.15, 0.2) is 5.82 Å². The first kappa shape index (κ1) is 23.7. The quantitative estimate of drug-likeness (QED) is 0.285. The molecule has 0 bridgehead atoms. The molecule has 0 saturated heterocycles. The average molecular weight is 508 g/mol. The van der Waals surface area contributed by atoms with Gasteiger partial charge in [0.1, 0.15) is 17.3 Å². The van der Waals surface area contributed by atoms with E-state index in [9.17, 15) is 10.1 Å². The van der Waals surface area contributed by atoms with Gasteiger partial charge in [-0.3, -0.25) is 19.8 Å². The minimum Gasteiger partial charge on any atom is -0.376 e. The molecule has 0 atom stereocenters. The summed E-state index contributed by atoms with van der Waals surface area (Å²) in [4.78, 5) is 21.7. The average Bonchev–Trinajstić information content (AvgIpc) is 3.14. The van der Waals surface area contributed by atoms with E-state index in [0.717, 1.165) is 24.4 Å². The number of nitro groups is 1. The van der Waals surface area contributed by atoms with Gasteiger partial charge in [0, 0.05) is 71.9 Å². The van der Waals surface area contributed by atoms with Gasteiger partial charge in [0.25, 0.3) is 5.69 Å².